The molecule has 1 amide bonds. The number of thioether (sulfide) groups is 1. The summed E-state index contributed by atoms with van der Waals surface area (Å²) in [6, 6.07) is 12.4. The summed E-state index contributed by atoms with van der Waals surface area (Å²) in [6.45, 7) is 1.83. The molecule has 0 heterocycles. The lowest BCUT2D eigenvalue weighted by Gasteiger charge is -2.10. The molecule has 0 aliphatic heterocycles. The molecule has 0 aliphatic rings. The Morgan fingerprint density at radius 2 is 1.87 bits per heavy atom. The van der Waals surface area contributed by atoms with Gasteiger partial charge in [0.25, 0.3) is 5.91 Å². The summed E-state index contributed by atoms with van der Waals surface area (Å²) in [5.41, 5.74) is 1.34. The van der Waals surface area contributed by atoms with Crippen LogP contribution >= 0.6 is 35.0 Å². The van der Waals surface area contributed by atoms with Crippen molar-refractivity contribution in [1.82, 2.24) is 5.32 Å². The van der Waals surface area contributed by atoms with E-state index in [0.717, 1.165) is 10.5 Å². The monoisotopic (exact) mass is 367 g/mol. The van der Waals surface area contributed by atoms with Crippen LogP contribution in [-0.4, -0.2) is 17.4 Å². The summed E-state index contributed by atoms with van der Waals surface area (Å²) >= 11 is 13.3. The highest BCUT2D eigenvalue weighted by molar-refractivity contribution is 8.00. The maximum absolute atomic E-state index is 12.4. The van der Waals surface area contributed by atoms with Gasteiger partial charge in [0.05, 0.1) is 11.3 Å². The van der Waals surface area contributed by atoms with Crippen molar-refractivity contribution in [1.29, 1.82) is 0 Å². The Kier molecular flexibility index (Phi) is 6.51. The average molecular weight is 368 g/mol. The SMILES string of the molecule is CC(=O)CSc1ccccc1C(=O)NCc1ccc(Cl)cc1Cl. The molecule has 1 N–H and O–H groups in total. The number of Topliss-reactive ketones (excluding diaryl/α,β-unsaturated/α-hetero) is 1. The average Bonchev–Trinajstić information content (AvgIpc) is 2.52. The molecule has 0 atom stereocenters. The molecule has 23 heavy (non-hydrogen) atoms. The van der Waals surface area contributed by atoms with Crippen molar-refractivity contribution in [2.24, 2.45) is 0 Å². The molecule has 0 fully saturated rings. The lowest BCUT2D eigenvalue weighted by atomic mass is 10.2. The second-order valence-corrected chi connectivity index (χ2v) is 6.77. The van der Waals surface area contributed by atoms with Gasteiger partial charge in [-0.05, 0) is 36.8 Å². The first-order chi connectivity index (χ1) is 11.0. The zero-order valence-electron chi connectivity index (χ0n) is 12.4. The number of hydrogen-bond donors (Lipinski definition) is 1. The first kappa shape index (κ1) is 17.9. The number of nitrogens with one attached hydrogen (secondary N) is 1. The smallest absolute Gasteiger partial charge is 0.252 e. The molecule has 0 unspecified atom stereocenters. The van der Waals surface area contributed by atoms with Gasteiger partial charge in [-0.2, -0.15) is 0 Å². The molecule has 0 saturated carbocycles. The minimum atomic E-state index is -0.206. The highest BCUT2D eigenvalue weighted by atomic mass is 35.5. The van der Waals surface area contributed by atoms with E-state index in [4.69, 9.17) is 23.2 Å². The molecule has 0 radical (unpaired) electrons. The van der Waals surface area contributed by atoms with E-state index in [1.54, 1.807) is 30.3 Å². The minimum Gasteiger partial charge on any atom is -0.348 e. The van der Waals surface area contributed by atoms with Gasteiger partial charge >= 0.3 is 0 Å². The van der Waals surface area contributed by atoms with Crippen molar-refractivity contribution < 1.29 is 9.59 Å². The molecule has 2 rings (SSSR count). The molecule has 0 aliphatic carbocycles. The van der Waals surface area contributed by atoms with E-state index in [1.807, 2.05) is 12.1 Å². The van der Waals surface area contributed by atoms with Gasteiger partial charge in [0, 0.05) is 21.5 Å². The summed E-state index contributed by atoms with van der Waals surface area (Å²) < 4.78 is 0. The van der Waals surface area contributed by atoms with Crippen LogP contribution in [0.3, 0.4) is 0 Å². The summed E-state index contributed by atoms with van der Waals surface area (Å²) in [4.78, 5) is 24.3. The minimum absolute atomic E-state index is 0.0677. The van der Waals surface area contributed by atoms with Crippen molar-refractivity contribution in [2.75, 3.05) is 5.75 Å². The van der Waals surface area contributed by atoms with Crippen LogP contribution < -0.4 is 5.32 Å². The zero-order chi connectivity index (χ0) is 16.8. The summed E-state index contributed by atoms with van der Waals surface area (Å²) in [6.07, 6.45) is 0. The van der Waals surface area contributed by atoms with E-state index < -0.39 is 0 Å². The van der Waals surface area contributed by atoms with Crippen molar-refractivity contribution in [3.05, 3.63) is 63.6 Å². The van der Waals surface area contributed by atoms with Crippen LogP contribution in [0.15, 0.2) is 47.4 Å². The van der Waals surface area contributed by atoms with E-state index in [9.17, 15) is 9.59 Å². The van der Waals surface area contributed by atoms with Crippen LogP contribution in [-0.2, 0) is 11.3 Å². The summed E-state index contributed by atoms with van der Waals surface area (Å²) in [5, 5.41) is 3.90. The Morgan fingerprint density at radius 3 is 2.57 bits per heavy atom. The third-order valence-corrected chi connectivity index (χ3v) is 4.82. The first-order valence-electron chi connectivity index (χ1n) is 6.91. The molecule has 0 spiro atoms. The third-order valence-electron chi connectivity index (χ3n) is 3.02. The number of benzene rings is 2. The first-order valence-corrected chi connectivity index (χ1v) is 8.65. The molecule has 0 aromatic heterocycles. The second kappa shape index (κ2) is 8.39. The lowest BCUT2D eigenvalue weighted by Crippen LogP contribution is -2.23. The highest BCUT2D eigenvalue weighted by Crippen LogP contribution is 2.24. The molecule has 0 saturated heterocycles. The number of rotatable bonds is 6. The maximum atomic E-state index is 12.4. The predicted octanol–water partition coefficient (Wildman–Crippen LogP) is 4.60. The van der Waals surface area contributed by atoms with Gasteiger partial charge < -0.3 is 5.32 Å². The fraction of sp³-hybridized carbons (Fsp3) is 0.176. The third kappa shape index (κ3) is 5.27. The van der Waals surface area contributed by atoms with Crippen LogP contribution in [0.4, 0.5) is 0 Å². The van der Waals surface area contributed by atoms with Crippen LogP contribution in [0.5, 0.6) is 0 Å². The summed E-state index contributed by atoms with van der Waals surface area (Å²) in [5.74, 6) is 0.202. The molecule has 2 aromatic rings. The quantitative estimate of drug-likeness (QED) is 0.758. The fourth-order valence-corrected chi connectivity index (χ4v) is 3.22. The number of hydrogen-bond acceptors (Lipinski definition) is 3. The van der Waals surface area contributed by atoms with Crippen molar-refractivity contribution in [2.45, 2.75) is 18.4 Å². The Morgan fingerprint density at radius 1 is 1.13 bits per heavy atom. The normalized spacial score (nSPS) is 10.4. The van der Waals surface area contributed by atoms with Gasteiger partial charge in [0.1, 0.15) is 5.78 Å². The van der Waals surface area contributed by atoms with Gasteiger partial charge in [-0.25, -0.2) is 0 Å². The lowest BCUT2D eigenvalue weighted by molar-refractivity contribution is -0.114. The molecule has 3 nitrogen and oxygen atoms in total. The number of amides is 1. The van der Waals surface area contributed by atoms with E-state index in [2.05, 4.69) is 5.32 Å². The van der Waals surface area contributed by atoms with Gasteiger partial charge in [0.2, 0.25) is 0 Å². The topological polar surface area (TPSA) is 46.2 Å². The Balaban J connectivity index is 2.07. The Labute approximate surface area is 149 Å². The zero-order valence-corrected chi connectivity index (χ0v) is 14.8. The number of ketones is 1. The Hall–Kier alpha value is -1.49. The van der Waals surface area contributed by atoms with E-state index >= 15 is 0 Å². The van der Waals surface area contributed by atoms with Crippen molar-refractivity contribution in [3.8, 4) is 0 Å². The maximum Gasteiger partial charge on any atom is 0.252 e. The van der Waals surface area contributed by atoms with Gasteiger partial charge in [0.15, 0.2) is 0 Å². The van der Waals surface area contributed by atoms with Gasteiger partial charge in [-0.1, -0.05) is 41.4 Å². The fourth-order valence-electron chi connectivity index (χ4n) is 1.90. The van der Waals surface area contributed by atoms with E-state index in [-0.39, 0.29) is 11.7 Å². The highest BCUT2D eigenvalue weighted by Gasteiger charge is 2.12. The Bertz CT molecular complexity index is 734. The predicted molar refractivity (Wildman–Crippen MR) is 95.5 cm³/mol. The van der Waals surface area contributed by atoms with E-state index in [0.29, 0.717) is 27.9 Å². The molecule has 6 heteroatoms. The summed E-state index contributed by atoms with van der Waals surface area (Å²) in [7, 11) is 0. The number of carbonyl (C=O) groups is 2. The molecule has 120 valence electrons. The molecule has 2 aromatic carbocycles. The molecular formula is C17H15Cl2NO2S. The van der Waals surface area contributed by atoms with Gasteiger partial charge in [-0.3, -0.25) is 9.59 Å². The molecule has 0 bridgehead atoms. The van der Waals surface area contributed by atoms with Gasteiger partial charge in [-0.15, -0.1) is 11.8 Å². The number of carbonyl (C=O) groups excluding carboxylic acids is 2. The van der Waals surface area contributed by atoms with Crippen LogP contribution in [0.25, 0.3) is 0 Å². The molecular weight excluding hydrogens is 353 g/mol. The second-order valence-electron chi connectivity index (χ2n) is 4.91. The van der Waals surface area contributed by atoms with Crippen LogP contribution in [0, 0.1) is 0 Å². The van der Waals surface area contributed by atoms with Crippen LogP contribution in [0.1, 0.15) is 22.8 Å². The van der Waals surface area contributed by atoms with Crippen molar-refractivity contribution in [3.63, 3.8) is 0 Å². The van der Waals surface area contributed by atoms with E-state index in [1.165, 1.54) is 18.7 Å². The van der Waals surface area contributed by atoms with Crippen LogP contribution in [0.2, 0.25) is 10.0 Å². The standard InChI is InChI=1S/C17H15Cl2NO2S/c1-11(21)10-23-16-5-3-2-4-14(16)17(22)20-9-12-6-7-13(18)8-15(12)19/h2-8H,9-10H2,1H3,(H,20,22). The largest absolute Gasteiger partial charge is 0.348 e. The number of halogens is 2. The van der Waals surface area contributed by atoms with Crippen molar-refractivity contribution >= 4 is 46.7 Å².